The molecule has 1 atom stereocenters. The lowest BCUT2D eigenvalue weighted by atomic mass is 9.83. The van der Waals surface area contributed by atoms with Gasteiger partial charge in [0.05, 0.1) is 28.4 Å². The van der Waals surface area contributed by atoms with E-state index in [0.717, 1.165) is 53.4 Å². The number of hydrogen-bond acceptors (Lipinski definition) is 5. The molecule has 2 aliphatic heterocycles. The fourth-order valence-corrected chi connectivity index (χ4v) is 4.97. The van der Waals surface area contributed by atoms with Crippen molar-refractivity contribution < 1.29 is 18.9 Å². The molecule has 2 aromatic rings. The minimum absolute atomic E-state index is 0.315. The monoisotopic (exact) mass is 433 g/mol. The largest absolute Gasteiger partial charge is 0.493 e. The molecule has 0 aliphatic carbocycles. The number of methoxy groups -OCH3 is 4. The summed E-state index contributed by atoms with van der Waals surface area (Å²) >= 11 is 3.75. The predicted octanol–water partition coefficient (Wildman–Crippen LogP) is 4.14. The molecule has 0 saturated heterocycles. The first kappa shape index (κ1) is 18.4. The van der Waals surface area contributed by atoms with Crippen LogP contribution in [0.4, 0.5) is 0 Å². The molecule has 0 bridgehead atoms. The summed E-state index contributed by atoms with van der Waals surface area (Å²) in [6, 6.07) is 6.59. The summed E-state index contributed by atoms with van der Waals surface area (Å²) in [7, 11) is 6.77. The van der Waals surface area contributed by atoms with Crippen molar-refractivity contribution in [1.29, 1.82) is 0 Å². The molecule has 0 aromatic heterocycles. The molecule has 2 aliphatic rings. The Labute approximate surface area is 168 Å². The summed E-state index contributed by atoms with van der Waals surface area (Å²) in [4.78, 5) is 2.52. The highest BCUT2D eigenvalue weighted by Crippen LogP contribution is 2.48. The third-order valence-corrected chi connectivity index (χ3v) is 6.41. The van der Waals surface area contributed by atoms with Crippen molar-refractivity contribution in [1.82, 2.24) is 4.90 Å². The first-order valence-corrected chi connectivity index (χ1v) is 9.81. The lowest BCUT2D eigenvalue weighted by Crippen LogP contribution is -2.39. The highest BCUT2D eigenvalue weighted by Gasteiger charge is 2.36. The molecular weight excluding hydrogens is 410 g/mol. The van der Waals surface area contributed by atoms with E-state index in [-0.39, 0.29) is 0 Å². The van der Waals surface area contributed by atoms with Crippen molar-refractivity contribution in [3.05, 3.63) is 44.9 Å². The maximum Gasteiger partial charge on any atom is 0.165 e. The summed E-state index contributed by atoms with van der Waals surface area (Å²) in [5.41, 5.74) is 5.17. The van der Waals surface area contributed by atoms with E-state index in [2.05, 4.69) is 33.0 Å². The van der Waals surface area contributed by atoms with Crippen LogP contribution in [0.15, 0.2) is 22.7 Å². The highest BCUT2D eigenvalue weighted by molar-refractivity contribution is 9.10. The van der Waals surface area contributed by atoms with Gasteiger partial charge in [-0.1, -0.05) is 15.9 Å². The Morgan fingerprint density at radius 2 is 1.59 bits per heavy atom. The van der Waals surface area contributed by atoms with Gasteiger partial charge in [-0.05, 0) is 47.7 Å². The van der Waals surface area contributed by atoms with Crippen LogP contribution in [0.25, 0.3) is 0 Å². The lowest BCUT2D eigenvalue weighted by Gasteiger charge is -2.42. The number of hydrogen-bond donors (Lipinski definition) is 0. The first-order valence-electron chi connectivity index (χ1n) is 9.02. The second-order valence-corrected chi connectivity index (χ2v) is 7.75. The van der Waals surface area contributed by atoms with Crippen LogP contribution in [-0.4, -0.2) is 39.9 Å². The number of fused-ring (bicyclic) bond motifs is 4. The van der Waals surface area contributed by atoms with Crippen LogP contribution >= 0.6 is 15.9 Å². The van der Waals surface area contributed by atoms with Crippen molar-refractivity contribution in [3.63, 3.8) is 0 Å². The minimum atomic E-state index is 0.315. The van der Waals surface area contributed by atoms with Crippen LogP contribution in [0, 0.1) is 0 Å². The molecule has 144 valence electrons. The topological polar surface area (TPSA) is 40.2 Å². The molecular formula is C21H24BrNO4. The Morgan fingerprint density at radius 1 is 0.889 bits per heavy atom. The molecule has 4 rings (SSSR count). The third kappa shape index (κ3) is 2.95. The highest BCUT2D eigenvalue weighted by atomic mass is 79.9. The average Bonchev–Trinajstić information content (AvgIpc) is 2.71. The van der Waals surface area contributed by atoms with Crippen molar-refractivity contribution in [3.8, 4) is 23.0 Å². The van der Waals surface area contributed by atoms with Crippen molar-refractivity contribution in [2.24, 2.45) is 0 Å². The number of ether oxygens (including phenoxy) is 4. The van der Waals surface area contributed by atoms with E-state index in [9.17, 15) is 0 Å². The van der Waals surface area contributed by atoms with Crippen LogP contribution in [0.2, 0.25) is 0 Å². The fraction of sp³-hybridized carbons (Fsp3) is 0.429. The SMILES string of the molecule is COc1cc2c(cc1OC)[C@@H]1Cc3c(Br)cc(OC)c(OC)c3CN1CC2. The van der Waals surface area contributed by atoms with Gasteiger partial charge in [-0.25, -0.2) is 0 Å². The quantitative estimate of drug-likeness (QED) is 0.724. The van der Waals surface area contributed by atoms with Crippen LogP contribution < -0.4 is 18.9 Å². The molecule has 27 heavy (non-hydrogen) atoms. The van der Waals surface area contributed by atoms with Gasteiger partial charge in [0, 0.05) is 29.2 Å². The molecule has 0 unspecified atom stereocenters. The molecule has 0 spiro atoms. The van der Waals surface area contributed by atoms with E-state index < -0.39 is 0 Å². The van der Waals surface area contributed by atoms with Crippen LogP contribution in [0.5, 0.6) is 23.0 Å². The number of benzene rings is 2. The fourth-order valence-electron chi connectivity index (χ4n) is 4.37. The molecule has 0 saturated carbocycles. The second-order valence-electron chi connectivity index (χ2n) is 6.90. The summed E-state index contributed by atoms with van der Waals surface area (Å²) in [6.07, 6.45) is 1.91. The third-order valence-electron chi connectivity index (χ3n) is 5.70. The standard InChI is InChI=1S/C21H24BrNO4/c1-24-18-7-12-5-6-23-11-15-14(8-17(23)13(12)9-19(18)25-2)16(22)10-20(26-3)21(15)27-4/h7,9-10,17H,5-6,8,11H2,1-4H3/t17-/m0/s1. The maximum atomic E-state index is 5.70. The number of rotatable bonds is 4. The lowest BCUT2D eigenvalue weighted by molar-refractivity contribution is 0.157. The van der Waals surface area contributed by atoms with Crippen molar-refractivity contribution in [2.45, 2.75) is 25.4 Å². The average molecular weight is 434 g/mol. The van der Waals surface area contributed by atoms with E-state index in [1.54, 1.807) is 28.4 Å². The molecule has 0 radical (unpaired) electrons. The van der Waals surface area contributed by atoms with Crippen LogP contribution in [0.3, 0.4) is 0 Å². The Balaban J connectivity index is 1.80. The van der Waals surface area contributed by atoms with Gasteiger partial charge in [0.25, 0.3) is 0 Å². The smallest absolute Gasteiger partial charge is 0.165 e. The van der Waals surface area contributed by atoms with Crippen LogP contribution in [-0.2, 0) is 19.4 Å². The van der Waals surface area contributed by atoms with E-state index in [0.29, 0.717) is 6.04 Å². The second kappa shape index (κ2) is 7.24. The van der Waals surface area contributed by atoms with Gasteiger partial charge < -0.3 is 18.9 Å². The van der Waals surface area contributed by atoms with E-state index in [1.165, 1.54) is 22.3 Å². The Morgan fingerprint density at radius 3 is 2.26 bits per heavy atom. The van der Waals surface area contributed by atoms with Gasteiger partial charge in [-0.3, -0.25) is 4.90 Å². The van der Waals surface area contributed by atoms with Gasteiger partial charge >= 0.3 is 0 Å². The maximum absolute atomic E-state index is 5.70. The molecule has 2 heterocycles. The van der Waals surface area contributed by atoms with Crippen LogP contribution in [0.1, 0.15) is 28.3 Å². The molecule has 0 fully saturated rings. The molecule has 0 N–H and O–H groups in total. The molecule has 5 nitrogen and oxygen atoms in total. The minimum Gasteiger partial charge on any atom is -0.493 e. The zero-order valence-electron chi connectivity index (χ0n) is 16.1. The Bertz CT molecular complexity index is 883. The van der Waals surface area contributed by atoms with Gasteiger partial charge in [-0.2, -0.15) is 0 Å². The predicted molar refractivity (Wildman–Crippen MR) is 107 cm³/mol. The zero-order chi connectivity index (χ0) is 19.1. The summed E-state index contributed by atoms with van der Waals surface area (Å²) in [6.45, 7) is 1.84. The van der Waals surface area contributed by atoms with Gasteiger partial charge in [0.1, 0.15) is 0 Å². The van der Waals surface area contributed by atoms with Gasteiger partial charge in [0.15, 0.2) is 23.0 Å². The van der Waals surface area contributed by atoms with Crippen molar-refractivity contribution in [2.75, 3.05) is 35.0 Å². The van der Waals surface area contributed by atoms with Crippen molar-refractivity contribution >= 4 is 15.9 Å². The summed E-state index contributed by atoms with van der Waals surface area (Å²) in [5, 5.41) is 0. The van der Waals surface area contributed by atoms with E-state index in [4.69, 9.17) is 18.9 Å². The molecule has 6 heteroatoms. The van der Waals surface area contributed by atoms with Gasteiger partial charge in [-0.15, -0.1) is 0 Å². The van der Waals surface area contributed by atoms with E-state index >= 15 is 0 Å². The zero-order valence-corrected chi connectivity index (χ0v) is 17.7. The molecule has 0 amide bonds. The summed E-state index contributed by atoms with van der Waals surface area (Å²) in [5.74, 6) is 3.20. The first-order chi connectivity index (χ1) is 13.1. The normalized spacial score (nSPS) is 18.2. The number of nitrogens with zero attached hydrogens (tertiary/aromatic N) is 1. The van der Waals surface area contributed by atoms with E-state index in [1.807, 2.05) is 6.07 Å². The molecule has 2 aromatic carbocycles. The Kier molecular flexibility index (Phi) is 4.95. The Hall–Kier alpha value is -1.92. The summed E-state index contributed by atoms with van der Waals surface area (Å²) < 4.78 is 23.3. The van der Waals surface area contributed by atoms with Gasteiger partial charge in [0.2, 0.25) is 0 Å². The number of halogens is 1.